The lowest BCUT2D eigenvalue weighted by Gasteiger charge is -2.35. The van der Waals surface area contributed by atoms with Crippen molar-refractivity contribution in [2.45, 2.75) is 57.0 Å². The third-order valence-electron chi connectivity index (χ3n) is 6.55. The number of rotatable bonds is 7. The van der Waals surface area contributed by atoms with Crippen molar-refractivity contribution in [3.63, 3.8) is 0 Å². The number of hydrogen-bond acceptors (Lipinski definition) is 4. The van der Waals surface area contributed by atoms with Gasteiger partial charge in [0.05, 0.1) is 6.42 Å². The summed E-state index contributed by atoms with van der Waals surface area (Å²) in [6, 6.07) is 15.6. The third kappa shape index (κ3) is 5.18. The molecule has 1 aliphatic carbocycles. The molecule has 0 radical (unpaired) electrons. The average Bonchev–Trinajstić information content (AvgIpc) is 3.11. The SMILES string of the molecule is C[C@H](CC(=O)N1CCCC[C@@H]1CC(=O)O)NC(=O)OCC1c2ccccc2-c2ccccc21. The molecule has 1 saturated heterocycles. The molecule has 7 nitrogen and oxygen atoms in total. The van der Waals surface area contributed by atoms with Crippen molar-refractivity contribution in [2.24, 2.45) is 0 Å². The zero-order chi connectivity index (χ0) is 23.4. The van der Waals surface area contributed by atoms with E-state index in [0.29, 0.717) is 13.0 Å². The predicted molar refractivity (Wildman–Crippen MR) is 124 cm³/mol. The van der Waals surface area contributed by atoms with Gasteiger partial charge in [-0.2, -0.15) is 0 Å². The molecular weight excluding hydrogens is 420 g/mol. The third-order valence-corrected chi connectivity index (χ3v) is 6.55. The Kier molecular flexibility index (Phi) is 6.96. The fourth-order valence-corrected chi connectivity index (χ4v) is 5.01. The largest absolute Gasteiger partial charge is 0.481 e. The standard InChI is InChI=1S/C26H30N2O5/c1-17(14-24(29)28-13-7-6-8-18(28)15-25(30)31)27-26(32)33-16-23-21-11-4-2-9-19(21)20-10-3-5-12-22(20)23/h2-5,9-12,17-18,23H,6-8,13-16H2,1H3,(H,27,32)(H,30,31)/t17-,18-/m1/s1. The van der Waals surface area contributed by atoms with E-state index in [-0.39, 0.29) is 37.3 Å². The number of likely N-dealkylation sites (tertiary alicyclic amines) is 1. The van der Waals surface area contributed by atoms with Crippen molar-refractivity contribution in [1.29, 1.82) is 0 Å². The van der Waals surface area contributed by atoms with Crippen molar-refractivity contribution in [2.75, 3.05) is 13.2 Å². The summed E-state index contributed by atoms with van der Waals surface area (Å²) >= 11 is 0. The van der Waals surface area contributed by atoms with Gasteiger partial charge in [0, 0.05) is 31.0 Å². The number of amides is 2. The summed E-state index contributed by atoms with van der Waals surface area (Å²) in [6.45, 7) is 2.54. The van der Waals surface area contributed by atoms with Crippen LogP contribution < -0.4 is 5.32 Å². The summed E-state index contributed by atoms with van der Waals surface area (Å²) < 4.78 is 5.56. The van der Waals surface area contributed by atoms with E-state index in [2.05, 4.69) is 29.6 Å². The van der Waals surface area contributed by atoms with Crippen molar-refractivity contribution < 1.29 is 24.2 Å². The van der Waals surface area contributed by atoms with Crippen LogP contribution in [0, 0.1) is 0 Å². The molecule has 0 aromatic heterocycles. The highest BCUT2D eigenvalue weighted by Gasteiger charge is 2.31. The summed E-state index contributed by atoms with van der Waals surface area (Å²) in [5.41, 5.74) is 4.62. The van der Waals surface area contributed by atoms with E-state index in [4.69, 9.17) is 9.84 Å². The molecule has 174 valence electrons. The summed E-state index contributed by atoms with van der Waals surface area (Å²) in [4.78, 5) is 38.0. The van der Waals surface area contributed by atoms with Gasteiger partial charge in [-0.25, -0.2) is 4.79 Å². The first-order valence-electron chi connectivity index (χ1n) is 11.6. The second-order valence-corrected chi connectivity index (χ2v) is 8.91. The molecule has 0 bridgehead atoms. The average molecular weight is 451 g/mol. The van der Waals surface area contributed by atoms with Gasteiger partial charge in [0.2, 0.25) is 5.91 Å². The van der Waals surface area contributed by atoms with Crippen LogP contribution in [0.15, 0.2) is 48.5 Å². The summed E-state index contributed by atoms with van der Waals surface area (Å²) in [5.74, 6) is -1.05. The quantitative estimate of drug-likeness (QED) is 0.660. The molecule has 1 heterocycles. The zero-order valence-corrected chi connectivity index (χ0v) is 18.8. The lowest BCUT2D eigenvalue weighted by Crippen LogP contribution is -2.47. The molecule has 0 saturated carbocycles. The van der Waals surface area contributed by atoms with E-state index in [9.17, 15) is 14.4 Å². The monoisotopic (exact) mass is 450 g/mol. The number of carbonyl (C=O) groups excluding carboxylic acids is 2. The van der Waals surface area contributed by atoms with Gasteiger partial charge >= 0.3 is 12.1 Å². The topological polar surface area (TPSA) is 95.9 Å². The van der Waals surface area contributed by atoms with Crippen LogP contribution in [0.1, 0.15) is 56.1 Å². The summed E-state index contributed by atoms with van der Waals surface area (Å²) in [5, 5.41) is 11.9. The second-order valence-electron chi connectivity index (χ2n) is 8.91. The Morgan fingerprint density at radius 3 is 2.33 bits per heavy atom. The molecule has 2 N–H and O–H groups in total. The van der Waals surface area contributed by atoms with Crippen LogP contribution in [-0.4, -0.2) is 53.2 Å². The summed E-state index contributed by atoms with van der Waals surface area (Å²) in [6.07, 6.45) is 2.01. The smallest absolute Gasteiger partial charge is 0.407 e. The number of aliphatic carboxylic acids is 1. The van der Waals surface area contributed by atoms with Crippen LogP contribution in [0.25, 0.3) is 11.1 Å². The van der Waals surface area contributed by atoms with E-state index in [1.807, 2.05) is 24.3 Å². The molecule has 2 aromatic carbocycles. The van der Waals surface area contributed by atoms with Gasteiger partial charge in [-0.15, -0.1) is 0 Å². The molecule has 1 aliphatic heterocycles. The lowest BCUT2D eigenvalue weighted by molar-refractivity contribution is -0.142. The van der Waals surface area contributed by atoms with Gasteiger partial charge in [0.25, 0.3) is 0 Å². The minimum atomic E-state index is -0.899. The molecule has 2 aromatic rings. The number of nitrogens with one attached hydrogen (secondary N) is 1. The van der Waals surface area contributed by atoms with Crippen LogP contribution in [0.4, 0.5) is 4.79 Å². The number of ether oxygens (including phenoxy) is 1. The maximum Gasteiger partial charge on any atom is 0.407 e. The molecule has 0 unspecified atom stereocenters. The number of carboxylic acid groups (broad SMARTS) is 1. The Balaban J connectivity index is 1.31. The summed E-state index contributed by atoms with van der Waals surface area (Å²) in [7, 11) is 0. The number of alkyl carbamates (subject to hydrolysis) is 1. The first kappa shape index (κ1) is 22.8. The molecule has 0 spiro atoms. The van der Waals surface area contributed by atoms with Gasteiger partial charge < -0.3 is 20.1 Å². The zero-order valence-electron chi connectivity index (χ0n) is 18.8. The van der Waals surface area contributed by atoms with Crippen LogP contribution in [-0.2, 0) is 14.3 Å². The highest BCUT2D eigenvalue weighted by molar-refractivity contribution is 5.80. The Hall–Kier alpha value is -3.35. The van der Waals surface area contributed by atoms with Crippen LogP contribution in [0.3, 0.4) is 0 Å². The fraction of sp³-hybridized carbons (Fsp3) is 0.423. The van der Waals surface area contributed by atoms with E-state index in [1.165, 1.54) is 11.1 Å². The Bertz CT molecular complexity index is 991. The van der Waals surface area contributed by atoms with Crippen LogP contribution in [0.5, 0.6) is 0 Å². The van der Waals surface area contributed by atoms with E-state index >= 15 is 0 Å². The highest BCUT2D eigenvalue weighted by atomic mass is 16.5. The highest BCUT2D eigenvalue weighted by Crippen LogP contribution is 2.44. The molecule has 2 amide bonds. The molecule has 4 rings (SSSR count). The molecule has 2 atom stereocenters. The van der Waals surface area contributed by atoms with E-state index in [1.54, 1.807) is 11.8 Å². The van der Waals surface area contributed by atoms with Gasteiger partial charge in [0.15, 0.2) is 0 Å². The lowest BCUT2D eigenvalue weighted by atomic mass is 9.98. The van der Waals surface area contributed by atoms with Crippen LogP contribution >= 0.6 is 0 Å². The Morgan fingerprint density at radius 1 is 1.06 bits per heavy atom. The van der Waals surface area contributed by atoms with E-state index < -0.39 is 18.1 Å². The Labute approximate surface area is 193 Å². The second kappa shape index (κ2) is 10.1. The molecule has 33 heavy (non-hydrogen) atoms. The van der Waals surface area contributed by atoms with Crippen molar-refractivity contribution in [3.8, 4) is 11.1 Å². The van der Waals surface area contributed by atoms with E-state index in [0.717, 1.165) is 24.0 Å². The minimum Gasteiger partial charge on any atom is -0.481 e. The van der Waals surface area contributed by atoms with Crippen molar-refractivity contribution in [3.05, 3.63) is 59.7 Å². The first-order chi connectivity index (χ1) is 15.9. The van der Waals surface area contributed by atoms with Gasteiger partial charge in [0.1, 0.15) is 6.61 Å². The molecule has 7 heteroatoms. The number of carbonyl (C=O) groups is 3. The fourth-order valence-electron chi connectivity index (χ4n) is 5.01. The van der Waals surface area contributed by atoms with Gasteiger partial charge in [-0.05, 0) is 48.4 Å². The number of piperidine rings is 1. The molecular formula is C26H30N2O5. The minimum absolute atomic E-state index is 0.0229. The Morgan fingerprint density at radius 2 is 1.70 bits per heavy atom. The molecule has 1 fully saturated rings. The molecule has 2 aliphatic rings. The normalized spacial score (nSPS) is 18.2. The van der Waals surface area contributed by atoms with Crippen molar-refractivity contribution in [1.82, 2.24) is 10.2 Å². The number of benzene rings is 2. The number of carboxylic acids is 1. The number of nitrogens with zero attached hydrogens (tertiary/aromatic N) is 1. The predicted octanol–water partition coefficient (Wildman–Crippen LogP) is 4.16. The van der Waals surface area contributed by atoms with Gasteiger partial charge in [-0.3, -0.25) is 9.59 Å². The first-order valence-corrected chi connectivity index (χ1v) is 11.6. The van der Waals surface area contributed by atoms with Crippen molar-refractivity contribution >= 4 is 18.0 Å². The maximum absolute atomic E-state index is 12.8. The van der Waals surface area contributed by atoms with Gasteiger partial charge in [-0.1, -0.05) is 48.5 Å². The van der Waals surface area contributed by atoms with Crippen LogP contribution in [0.2, 0.25) is 0 Å². The number of fused-ring (bicyclic) bond motifs is 3. The number of hydrogen-bond donors (Lipinski definition) is 2. The maximum atomic E-state index is 12.8.